The molecule has 0 saturated carbocycles. The maximum Gasteiger partial charge on any atom is 0.236 e. The van der Waals surface area contributed by atoms with E-state index < -0.39 is 0 Å². The molecule has 1 aromatic heterocycles. The third kappa shape index (κ3) is 3.30. The Kier molecular flexibility index (Phi) is 4.13. The average molecular weight is 306 g/mol. The van der Waals surface area contributed by atoms with Crippen LogP contribution in [0.5, 0.6) is 0 Å². The summed E-state index contributed by atoms with van der Waals surface area (Å²) in [6.07, 6.45) is 0. The lowest BCUT2D eigenvalue weighted by Gasteiger charge is -1.95. The largest absolute Gasteiger partial charge is 0.279 e. The van der Waals surface area contributed by atoms with Gasteiger partial charge in [0.2, 0.25) is 5.78 Å². The van der Waals surface area contributed by atoms with Gasteiger partial charge >= 0.3 is 0 Å². The van der Waals surface area contributed by atoms with Gasteiger partial charge in [-0.1, -0.05) is 42.5 Å². The Labute approximate surface area is 132 Å². The number of halogens is 1. The van der Waals surface area contributed by atoms with Gasteiger partial charge in [-0.25, -0.2) is 4.39 Å². The highest BCUT2D eigenvalue weighted by Gasteiger charge is 2.03. The molecule has 0 bridgehead atoms. The summed E-state index contributed by atoms with van der Waals surface area (Å²) in [4.78, 5) is 12.7. The summed E-state index contributed by atoms with van der Waals surface area (Å²) in [5.74, 6) is 5.09. The Morgan fingerprint density at radius 1 is 0.955 bits per heavy atom. The molecular weight excluding hydrogens is 295 g/mol. The van der Waals surface area contributed by atoms with E-state index in [0.29, 0.717) is 5.56 Å². The molecule has 0 atom stereocenters. The van der Waals surface area contributed by atoms with Gasteiger partial charge in [-0.05, 0) is 46.5 Å². The number of Topliss-reactive ketones (excluding diaryl/α,β-unsaturated/α-hetero) is 1. The van der Waals surface area contributed by atoms with E-state index in [4.69, 9.17) is 0 Å². The van der Waals surface area contributed by atoms with Gasteiger partial charge in [-0.3, -0.25) is 4.79 Å². The van der Waals surface area contributed by atoms with E-state index in [1.54, 1.807) is 24.3 Å². The number of carbonyl (C=O) groups is 1. The minimum absolute atomic E-state index is 0.197. The minimum Gasteiger partial charge on any atom is -0.279 e. The molecule has 0 saturated heterocycles. The highest BCUT2D eigenvalue weighted by molar-refractivity contribution is 7.11. The Bertz CT molecular complexity index is 852. The zero-order valence-corrected chi connectivity index (χ0v) is 12.4. The summed E-state index contributed by atoms with van der Waals surface area (Å²) >= 11 is 1.47. The molecule has 2 aromatic carbocycles. The van der Waals surface area contributed by atoms with Gasteiger partial charge in [0.25, 0.3) is 0 Å². The lowest BCUT2D eigenvalue weighted by Crippen LogP contribution is -1.93. The van der Waals surface area contributed by atoms with Crippen LogP contribution >= 0.6 is 11.3 Å². The molecule has 0 aliphatic carbocycles. The molecule has 22 heavy (non-hydrogen) atoms. The molecule has 0 amide bonds. The number of rotatable bonds is 2. The van der Waals surface area contributed by atoms with Gasteiger partial charge in [-0.2, -0.15) is 0 Å². The van der Waals surface area contributed by atoms with Crippen LogP contribution < -0.4 is 0 Å². The van der Waals surface area contributed by atoms with E-state index in [1.165, 1.54) is 23.5 Å². The van der Waals surface area contributed by atoms with Crippen molar-refractivity contribution >= 4 is 17.1 Å². The first kappa shape index (κ1) is 14.2. The van der Waals surface area contributed by atoms with Gasteiger partial charge in [-0.15, -0.1) is 11.3 Å². The zero-order chi connectivity index (χ0) is 15.4. The number of ketones is 1. The molecular formula is C19H11FOS. The molecule has 0 fully saturated rings. The van der Waals surface area contributed by atoms with E-state index in [0.717, 1.165) is 16.0 Å². The summed E-state index contributed by atoms with van der Waals surface area (Å²) in [5, 5.41) is 1.95. The highest BCUT2D eigenvalue weighted by atomic mass is 32.1. The number of carbonyl (C=O) groups excluding carboxylic acids is 1. The smallest absolute Gasteiger partial charge is 0.236 e. The molecule has 3 aromatic rings. The number of benzene rings is 2. The Hall–Kier alpha value is -2.70. The zero-order valence-electron chi connectivity index (χ0n) is 11.5. The molecule has 0 aliphatic rings. The van der Waals surface area contributed by atoms with Crippen molar-refractivity contribution in [1.29, 1.82) is 0 Å². The van der Waals surface area contributed by atoms with E-state index in [9.17, 15) is 9.18 Å². The lowest BCUT2D eigenvalue weighted by atomic mass is 10.1. The molecule has 0 spiro atoms. The second-order valence-corrected chi connectivity index (χ2v) is 5.56. The van der Waals surface area contributed by atoms with E-state index in [-0.39, 0.29) is 11.6 Å². The second-order valence-electron chi connectivity index (χ2n) is 4.65. The van der Waals surface area contributed by atoms with Crippen molar-refractivity contribution in [3.8, 4) is 23.0 Å². The van der Waals surface area contributed by atoms with Crippen molar-refractivity contribution in [3.63, 3.8) is 0 Å². The van der Waals surface area contributed by atoms with E-state index in [1.807, 2.05) is 29.6 Å². The van der Waals surface area contributed by atoms with Crippen molar-refractivity contribution in [2.45, 2.75) is 0 Å². The Balaban J connectivity index is 1.79. The standard InChI is InChI=1S/C19H11FOS/c20-17-8-6-14(7-9-17)16-12-18(22-13-16)10-11-19(21)15-4-2-1-3-5-15/h1-9,12-13H. The summed E-state index contributed by atoms with van der Waals surface area (Å²) < 4.78 is 12.9. The molecule has 0 radical (unpaired) electrons. The molecule has 0 unspecified atom stereocenters. The molecule has 106 valence electrons. The molecule has 1 nitrogen and oxygen atoms in total. The maximum atomic E-state index is 12.9. The third-order valence-electron chi connectivity index (χ3n) is 3.11. The van der Waals surface area contributed by atoms with Crippen molar-refractivity contribution in [1.82, 2.24) is 0 Å². The average Bonchev–Trinajstić information content (AvgIpc) is 3.03. The normalized spacial score (nSPS) is 9.86. The summed E-state index contributed by atoms with van der Waals surface area (Å²) in [7, 11) is 0. The van der Waals surface area contributed by atoms with Crippen LogP contribution in [0.1, 0.15) is 15.2 Å². The minimum atomic E-state index is -0.257. The number of thiophene rings is 1. The highest BCUT2D eigenvalue weighted by Crippen LogP contribution is 2.25. The van der Waals surface area contributed by atoms with Crippen LogP contribution in [0.4, 0.5) is 4.39 Å². The first-order valence-electron chi connectivity index (χ1n) is 6.68. The van der Waals surface area contributed by atoms with E-state index in [2.05, 4.69) is 11.8 Å². The van der Waals surface area contributed by atoms with Crippen LogP contribution in [0, 0.1) is 17.7 Å². The summed E-state index contributed by atoms with van der Waals surface area (Å²) in [6, 6.07) is 17.2. The predicted molar refractivity (Wildman–Crippen MR) is 87.4 cm³/mol. The van der Waals surface area contributed by atoms with Gasteiger partial charge < -0.3 is 0 Å². The Morgan fingerprint density at radius 2 is 1.68 bits per heavy atom. The third-order valence-corrected chi connectivity index (χ3v) is 3.96. The topological polar surface area (TPSA) is 17.1 Å². The molecule has 3 heteroatoms. The van der Waals surface area contributed by atoms with Crippen molar-refractivity contribution in [2.24, 2.45) is 0 Å². The van der Waals surface area contributed by atoms with Gasteiger partial charge in [0.05, 0.1) is 4.88 Å². The quantitative estimate of drug-likeness (QED) is 0.491. The maximum absolute atomic E-state index is 12.9. The fraction of sp³-hybridized carbons (Fsp3) is 0. The van der Waals surface area contributed by atoms with Crippen LogP contribution in [0.3, 0.4) is 0 Å². The predicted octanol–water partition coefficient (Wildman–Crippen LogP) is 4.79. The van der Waals surface area contributed by atoms with Gasteiger partial charge in [0.15, 0.2) is 0 Å². The second kappa shape index (κ2) is 6.38. The van der Waals surface area contributed by atoms with Crippen molar-refractivity contribution in [2.75, 3.05) is 0 Å². The molecule has 1 heterocycles. The molecule has 0 aliphatic heterocycles. The fourth-order valence-corrected chi connectivity index (χ4v) is 2.74. The van der Waals surface area contributed by atoms with E-state index >= 15 is 0 Å². The number of hydrogen-bond donors (Lipinski definition) is 0. The summed E-state index contributed by atoms with van der Waals surface area (Å²) in [5.41, 5.74) is 2.49. The van der Waals surface area contributed by atoms with Crippen LogP contribution in [0.15, 0.2) is 66.0 Å². The van der Waals surface area contributed by atoms with Gasteiger partial charge in [0, 0.05) is 5.56 Å². The first-order chi connectivity index (χ1) is 10.7. The van der Waals surface area contributed by atoms with Crippen LogP contribution in [0.25, 0.3) is 11.1 Å². The van der Waals surface area contributed by atoms with Crippen molar-refractivity contribution < 1.29 is 9.18 Å². The van der Waals surface area contributed by atoms with Crippen LogP contribution in [0.2, 0.25) is 0 Å². The summed E-state index contributed by atoms with van der Waals surface area (Å²) in [6.45, 7) is 0. The first-order valence-corrected chi connectivity index (χ1v) is 7.56. The van der Waals surface area contributed by atoms with Gasteiger partial charge in [0.1, 0.15) is 5.82 Å². The lowest BCUT2D eigenvalue weighted by molar-refractivity contribution is 0.105. The molecule has 3 rings (SSSR count). The van der Waals surface area contributed by atoms with Crippen LogP contribution in [-0.2, 0) is 0 Å². The molecule has 0 N–H and O–H groups in total. The van der Waals surface area contributed by atoms with Crippen LogP contribution in [-0.4, -0.2) is 5.78 Å². The Morgan fingerprint density at radius 3 is 2.41 bits per heavy atom. The SMILES string of the molecule is O=C(C#Cc1cc(-c2ccc(F)cc2)cs1)c1ccccc1. The fourth-order valence-electron chi connectivity index (χ4n) is 1.98. The van der Waals surface area contributed by atoms with Crippen molar-refractivity contribution in [3.05, 3.63) is 82.3 Å². The number of hydrogen-bond acceptors (Lipinski definition) is 2. The monoisotopic (exact) mass is 306 g/mol.